The highest BCUT2D eigenvalue weighted by atomic mass is 32.2. The third kappa shape index (κ3) is 6.08. The Morgan fingerprint density at radius 1 is 1.21 bits per heavy atom. The molecule has 1 saturated heterocycles. The molecule has 2 aliphatic carbocycles. The van der Waals surface area contributed by atoms with Gasteiger partial charge in [0.25, 0.3) is 11.8 Å². The minimum atomic E-state index is -0.573. The van der Waals surface area contributed by atoms with Gasteiger partial charge in [0.2, 0.25) is 5.76 Å². The molecule has 1 aromatic carbocycles. The van der Waals surface area contributed by atoms with Crippen molar-refractivity contribution in [3.8, 4) is 5.88 Å². The number of amides is 1. The predicted octanol–water partition coefficient (Wildman–Crippen LogP) is 6.46. The molecule has 8 heteroatoms. The summed E-state index contributed by atoms with van der Waals surface area (Å²) in [5, 5.41) is 11.2. The van der Waals surface area contributed by atoms with E-state index in [2.05, 4.69) is 69.5 Å². The van der Waals surface area contributed by atoms with Crippen molar-refractivity contribution >= 4 is 17.7 Å². The number of hydrogen-bond donors (Lipinski definition) is 2. The van der Waals surface area contributed by atoms with Crippen LogP contribution in [-0.2, 0) is 4.74 Å². The number of fused-ring (bicyclic) bond motifs is 2. The van der Waals surface area contributed by atoms with Gasteiger partial charge in [-0.15, -0.1) is 0 Å². The number of hydrogen-bond acceptors (Lipinski definition) is 7. The van der Waals surface area contributed by atoms with Crippen LogP contribution in [0.15, 0.2) is 56.8 Å². The van der Waals surface area contributed by atoms with Gasteiger partial charge in [-0.1, -0.05) is 62.9 Å². The molecule has 2 bridgehead atoms. The molecular weight excluding hydrogens is 510 g/mol. The molecule has 1 aromatic heterocycles. The quantitative estimate of drug-likeness (QED) is 0.363. The van der Waals surface area contributed by atoms with Crippen molar-refractivity contribution in [2.24, 2.45) is 23.2 Å². The van der Waals surface area contributed by atoms with Crippen LogP contribution in [0.3, 0.4) is 0 Å². The first-order chi connectivity index (χ1) is 18.5. The van der Waals surface area contributed by atoms with E-state index in [1.54, 1.807) is 0 Å². The van der Waals surface area contributed by atoms with Gasteiger partial charge in [0.1, 0.15) is 10.6 Å². The van der Waals surface area contributed by atoms with E-state index in [-0.39, 0.29) is 28.7 Å². The molecule has 7 nitrogen and oxygen atoms in total. The zero-order valence-corrected chi connectivity index (χ0v) is 24.9. The number of ether oxygens (including phenoxy) is 2. The summed E-state index contributed by atoms with van der Waals surface area (Å²) in [7, 11) is 0. The molecule has 2 N–H and O–H groups in total. The van der Waals surface area contributed by atoms with E-state index in [0.29, 0.717) is 41.7 Å². The van der Waals surface area contributed by atoms with Gasteiger partial charge in [0.05, 0.1) is 13.2 Å². The van der Waals surface area contributed by atoms with Gasteiger partial charge in [-0.3, -0.25) is 10.1 Å². The van der Waals surface area contributed by atoms with Crippen molar-refractivity contribution in [1.29, 1.82) is 0 Å². The lowest BCUT2D eigenvalue weighted by Gasteiger charge is -2.41. The van der Waals surface area contributed by atoms with Gasteiger partial charge in [-0.05, 0) is 81.5 Å². The second-order valence-electron chi connectivity index (χ2n) is 13.0. The van der Waals surface area contributed by atoms with Crippen LogP contribution in [0.4, 0.5) is 0 Å². The highest BCUT2D eigenvalue weighted by Crippen LogP contribution is 2.43. The normalized spacial score (nSPS) is 30.9. The van der Waals surface area contributed by atoms with Crippen LogP contribution in [0.5, 0.6) is 5.88 Å². The molecule has 2 heterocycles. The number of nitrogens with one attached hydrogen (secondary N) is 2. The van der Waals surface area contributed by atoms with E-state index >= 15 is 0 Å². The molecule has 5 rings (SSSR count). The second kappa shape index (κ2) is 10.9. The first kappa shape index (κ1) is 28.2. The SMILES string of the molecule is CC1/C=C/C[C@H]2CCC(C1)C2NC(=O)c1onc(OCC(C)(C)C2(C)NC(C)(C)CO2)c1Sc1ccccc1. The summed E-state index contributed by atoms with van der Waals surface area (Å²) in [4.78, 5) is 15.3. The smallest absolute Gasteiger partial charge is 0.291 e. The zero-order chi connectivity index (χ0) is 27.8. The fraction of sp³-hybridized carbons (Fsp3) is 0.613. The number of benzene rings is 1. The standard InChI is InChI=1S/C31H43N3O4S/c1-20-11-10-12-21-15-16-22(17-20)24(21)32-27(35)25-26(39-23-13-8-7-9-14-23)28(33-38-25)36-18-29(2,3)31(6)34-30(4,5)19-37-31/h7-11,13-14,20-22,24,34H,12,15-19H2,1-6H3,(H,32,35)/b11-10+/t20?,21-,22?,24?,31?/m0/s1. The number of carbonyl (C=O) groups is 1. The lowest BCUT2D eigenvalue weighted by molar-refractivity contribution is -0.102. The zero-order valence-electron chi connectivity index (χ0n) is 24.1. The summed E-state index contributed by atoms with van der Waals surface area (Å²) in [6.07, 6.45) is 9.01. The summed E-state index contributed by atoms with van der Waals surface area (Å²) in [5.74, 6) is 1.79. The van der Waals surface area contributed by atoms with Crippen molar-refractivity contribution in [3.05, 3.63) is 48.2 Å². The topological polar surface area (TPSA) is 85.6 Å². The van der Waals surface area contributed by atoms with Crippen molar-refractivity contribution in [2.75, 3.05) is 13.2 Å². The Hall–Kier alpha value is -2.29. The molecular formula is C31H43N3O4S. The van der Waals surface area contributed by atoms with Crippen molar-refractivity contribution in [1.82, 2.24) is 15.8 Å². The molecule has 2 fully saturated rings. The van der Waals surface area contributed by atoms with E-state index < -0.39 is 5.72 Å². The summed E-state index contributed by atoms with van der Waals surface area (Å²) < 4.78 is 18.2. The Morgan fingerprint density at radius 3 is 2.67 bits per heavy atom. The first-order valence-electron chi connectivity index (χ1n) is 14.2. The monoisotopic (exact) mass is 553 g/mol. The van der Waals surface area contributed by atoms with Crippen LogP contribution < -0.4 is 15.4 Å². The molecule has 1 amide bonds. The minimum absolute atomic E-state index is 0.122. The van der Waals surface area contributed by atoms with Gasteiger partial charge in [-0.2, -0.15) is 0 Å². The molecule has 0 radical (unpaired) electrons. The molecule has 4 unspecified atom stereocenters. The van der Waals surface area contributed by atoms with Crippen LogP contribution in [0, 0.1) is 23.2 Å². The molecule has 39 heavy (non-hydrogen) atoms. The van der Waals surface area contributed by atoms with Crippen LogP contribution >= 0.6 is 11.8 Å². The maximum atomic E-state index is 13.7. The molecule has 5 atom stereocenters. The Morgan fingerprint density at radius 2 is 1.95 bits per heavy atom. The number of carbonyl (C=O) groups excluding carboxylic acids is 1. The summed E-state index contributed by atoms with van der Waals surface area (Å²) in [6.45, 7) is 13.8. The maximum Gasteiger partial charge on any atom is 0.291 e. The average molecular weight is 554 g/mol. The van der Waals surface area contributed by atoms with Crippen LogP contribution in [0.25, 0.3) is 0 Å². The maximum absolute atomic E-state index is 13.7. The number of aromatic nitrogens is 1. The number of allylic oxidation sites excluding steroid dienone is 2. The van der Waals surface area contributed by atoms with Gasteiger partial charge in [0, 0.05) is 21.9 Å². The predicted molar refractivity (Wildman–Crippen MR) is 153 cm³/mol. The fourth-order valence-corrected chi connectivity index (χ4v) is 7.12. The molecule has 1 saturated carbocycles. The first-order valence-corrected chi connectivity index (χ1v) is 15.0. The molecule has 3 aliphatic rings. The van der Waals surface area contributed by atoms with Crippen LogP contribution in [-0.4, -0.2) is 41.6 Å². The third-order valence-corrected chi connectivity index (χ3v) is 9.82. The largest absolute Gasteiger partial charge is 0.474 e. The van der Waals surface area contributed by atoms with Crippen molar-refractivity contribution in [3.63, 3.8) is 0 Å². The second-order valence-corrected chi connectivity index (χ2v) is 14.1. The average Bonchev–Trinajstić information content (AvgIpc) is 3.55. The van der Waals surface area contributed by atoms with Crippen molar-refractivity contribution in [2.45, 2.75) is 94.3 Å². The Kier molecular flexibility index (Phi) is 7.92. The van der Waals surface area contributed by atoms with E-state index in [4.69, 9.17) is 14.0 Å². The summed E-state index contributed by atoms with van der Waals surface area (Å²) in [5.41, 5.74) is -1.08. The molecule has 1 aliphatic heterocycles. The van der Waals surface area contributed by atoms with E-state index in [9.17, 15) is 4.79 Å². The highest BCUT2D eigenvalue weighted by molar-refractivity contribution is 7.99. The Labute approximate surface area is 236 Å². The van der Waals surface area contributed by atoms with Crippen molar-refractivity contribution < 1.29 is 18.8 Å². The van der Waals surface area contributed by atoms with E-state index in [1.165, 1.54) is 11.8 Å². The lowest BCUT2D eigenvalue weighted by atomic mass is 9.82. The Balaban J connectivity index is 1.37. The van der Waals surface area contributed by atoms with Crippen LogP contribution in [0.1, 0.15) is 77.8 Å². The molecule has 0 spiro atoms. The van der Waals surface area contributed by atoms with Gasteiger partial charge in [0.15, 0.2) is 0 Å². The number of rotatable bonds is 8. The lowest BCUT2D eigenvalue weighted by Crippen LogP contribution is -2.57. The van der Waals surface area contributed by atoms with Gasteiger partial charge < -0.3 is 19.3 Å². The molecule has 2 aromatic rings. The summed E-state index contributed by atoms with van der Waals surface area (Å²) in [6, 6.07) is 10.1. The highest BCUT2D eigenvalue weighted by Gasteiger charge is 2.51. The number of nitrogens with zero attached hydrogens (tertiary/aromatic N) is 1. The Bertz CT molecular complexity index is 1190. The molecule has 212 valence electrons. The van der Waals surface area contributed by atoms with Gasteiger partial charge >= 0.3 is 0 Å². The van der Waals surface area contributed by atoms with E-state index in [0.717, 1.165) is 30.6 Å². The van der Waals surface area contributed by atoms with Gasteiger partial charge in [-0.25, -0.2) is 0 Å². The summed E-state index contributed by atoms with van der Waals surface area (Å²) >= 11 is 1.44. The van der Waals surface area contributed by atoms with E-state index in [1.807, 2.05) is 30.3 Å². The van der Waals surface area contributed by atoms with Crippen LogP contribution in [0.2, 0.25) is 0 Å². The fourth-order valence-electron chi connectivity index (χ4n) is 6.19. The third-order valence-electron chi connectivity index (χ3n) is 8.75. The minimum Gasteiger partial charge on any atom is -0.474 e.